The summed E-state index contributed by atoms with van der Waals surface area (Å²) < 4.78 is 15.3. The van der Waals surface area contributed by atoms with E-state index < -0.39 is 5.67 Å². The summed E-state index contributed by atoms with van der Waals surface area (Å²) in [6.45, 7) is 14.4. The predicted molar refractivity (Wildman–Crippen MR) is 121 cm³/mol. The zero-order chi connectivity index (χ0) is 20.1. The molecule has 1 N–H and O–H groups in total. The Balaban J connectivity index is 1.79. The number of piperidine rings is 1. The van der Waals surface area contributed by atoms with Crippen LogP contribution in [0.4, 0.5) is 10.2 Å². The molecule has 1 saturated heterocycles. The van der Waals surface area contributed by atoms with Crippen molar-refractivity contribution in [1.29, 1.82) is 0 Å². The summed E-state index contributed by atoms with van der Waals surface area (Å²) in [7, 11) is 0. The van der Waals surface area contributed by atoms with Crippen LogP contribution in [0.2, 0.25) is 0 Å². The average molecular weight is 398 g/mol. The van der Waals surface area contributed by atoms with Crippen LogP contribution in [0.5, 0.6) is 0 Å². The highest BCUT2D eigenvalue weighted by atomic mass is 32.2. The van der Waals surface area contributed by atoms with Gasteiger partial charge in [0, 0.05) is 35.3 Å². The van der Waals surface area contributed by atoms with Gasteiger partial charge in [-0.15, -0.1) is 0 Å². The van der Waals surface area contributed by atoms with E-state index in [-0.39, 0.29) is 0 Å². The van der Waals surface area contributed by atoms with E-state index in [9.17, 15) is 0 Å². The van der Waals surface area contributed by atoms with Crippen LogP contribution in [-0.2, 0) is 0 Å². The zero-order valence-corrected chi connectivity index (χ0v) is 17.5. The summed E-state index contributed by atoms with van der Waals surface area (Å²) in [6, 6.07) is 8.22. The van der Waals surface area contributed by atoms with Crippen LogP contribution < -0.4 is 5.32 Å². The molecule has 0 amide bonds. The van der Waals surface area contributed by atoms with Crippen molar-refractivity contribution >= 4 is 33.3 Å². The topological polar surface area (TPSA) is 28.2 Å². The van der Waals surface area contributed by atoms with Crippen LogP contribution in [0.1, 0.15) is 32.3 Å². The van der Waals surface area contributed by atoms with Crippen molar-refractivity contribution in [2.75, 3.05) is 25.0 Å². The lowest BCUT2D eigenvalue weighted by Crippen LogP contribution is -2.43. The summed E-state index contributed by atoms with van der Waals surface area (Å²) in [4.78, 5) is 7.87. The number of pyridine rings is 1. The molecular weight excluding hydrogens is 369 g/mol. The first-order valence-electron chi connectivity index (χ1n) is 9.71. The van der Waals surface area contributed by atoms with Crippen molar-refractivity contribution in [1.82, 2.24) is 9.88 Å². The summed E-state index contributed by atoms with van der Waals surface area (Å²) in [5.74, 6) is 0.628. The van der Waals surface area contributed by atoms with Gasteiger partial charge < -0.3 is 10.2 Å². The van der Waals surface area contributed by atoms with Gasteiger partial charge in [-0.25, -0.2) is 9.37 Å². The minimum atomic E-state index is -1.39. The Bertz CT molecular complexity index is 898. The monoisotopic (exact) mass is 397 g/mol. The fourth-order valence-electron chi connectivity index (χ4n) is 3.55. The molecule has 0 aliphatic carbocycles. The number of allylic oxidation sites excluding steroid dienone is 2. The Morgan fingerprint density at radius 3 is 2.71 bits per heavy atom. The van der Waals surface area contributed by atoms with Gasteiger partial charge in [0.15, 0.2) is 5.67 Å². The molecule has 0 bridgehead atoms. The van der Waals surface area contributed by atoms with E-state index in [1.165, 1.54) is 0 Å². The second-order valence-electron chi connectivity index (χ2n) is 7.07. The summed E-state index contributed by atoms with van der Waals surface area (Å²) in [5, 5.41) is 7.06. The molecule has 1 aromatic carbocycles. The van der Waals surface area contributed by atoms with Crippen molar-refractivity contribution in [3.05, 3.63) is 66.4 Å². The van der Waals surface area contributed by atoms with Crippen LogP contribution >= 0.6 is 11.8 Å². The lowest BCUT2D eigenvalue weighted by molar-refractivity contribution is 0.0922. The van der Waals surface area contributed by atoms with E-state index >= 15 is 4.39 Å². The fourth-order valence-corrected chi connectivity index (χ4v) is 4.13. The molecule has 28 heavy (non-hydrogen) atoms. The number of thioether (sulfide) groups is 1. The highest BCUT2D eigenvalue weighted by Crippen LogP contribution is 2.34. The summed E-state index contributed by atoms with van der Waals surface area (Å²) in [6.07, 6.45) is 4.82. The molecule has 1 fully saturated rings. The first kappa shape index (κ1) is 20.6. The van der Waals surface area contributed by atoms with Crippen LogP contribution in [0.3, 0.4) is 0 Å². The van der Waals surface area contributed by atoms with E-state index in [2.05, 4.69) is 59.6 Å². The molecule has 2 aromatic rings. The van der Waals surface area contributed by atoms with E-state index in [1.807, 2.05) is 24.6 Å². The summed E-state index contributed by atoms with van der Waals surface area (Å²) >= 11 is 1.60. The number of nitrogens with zero attached hydrogens (tertiary/aromatic N) is 2. The van der Waals surface area contributed by atoms with Crippen molar-refractivity contribution < 1.29 is 4.39 Å². The number of fused-ring (bicyclic) bond motifs is 1. The Hall–Kier alpha value is -2.11. The SMILES string of the molecule is C=CS/C(=C\C)c1ccc2cnc(NC(=C)C3(F)CCN(CC)CC3)cc2c1. The first-order valence-corrected chi connectivity index (χ1v) is 10.6. The quantitative estimate of drug-likeness (QED) is 0.600. The van der Waals surface area contributed by atoms with Gasteiger partial charge in [0.05, 0.1) is 0 Å². The molecule has 2 heterocycles. The number of halogens is 1. The lowest BCUT2D eigenvalue weighted by atomic mass is 9.90. The second-order valence-corrected chi connectivity index (χ2v) is 8.08. The molecule has 0 atom stereocenters. The number of rotatable bonds is 7. The largest absolute Gasteiger partial charge is 0.341 e. The Kier molecular flexibility index (Phi) is 6.57. The molecule has 1 aliphatic rings. The number of alkyl halides is 1. The average Bonchev–Trinajstić information content (AvgIpc) is 2.72. The Labute approximate surface area is 171 Å². The number of hydrogen-bond donors (Lipinski definition) is 1. The molecule has 1 aliphatic heterocycles. The summed E-state index contributed by atoms with van der Waals surface area (Å²) in [5.41, 5.74) is 0.149. The zero-order valence-electron chi connectivity index (χ0n) is 16.7. The third-order valence-corrected chi connectivity index (χ3v) is 6.29. The van der Waals surface area contributed by atoms with E-state index in [0.29, 0.717) is 24.4 Å². The number of aromatic nitrogens is 1. The molecule has 0 spiro atoms. The normalized spacial score (nSPS) is 17.5. The second kappa shape index (κ2) is 8.93. The van der Waals surface area contributed by atoms with Crippen molar-refractivity contribution in [3.63, 3.8) is 0 Å². The number of nitrogens with one attached hydrogen (secondary N) is 1. The molecule has 0 saturated carbocycles. The maximum Gasteiger partial charge on any atom is 0.152 e. The third kappa shape index (κ3) is 4.47. The molecule has 0 unspecified atom stereocenters. The van der Waals surface area contributed by atoms with Crippen molar-refractivity contribution in [2.45, 2.75) is 32.4 Å². The van der Waals surface area contributed by atoms with Gasteiger partial charge in [0.2, 0.25) is 0 Å². The van der Waals surface area contributed by atoms with Gasteiger partial charge in [-0.05, 0) is 54.8 Å². The van der Waals surface area contributed by atoms with Gasteiger partial charge in [0.25, 0.3) is 0 Å². The number of anilines is 1. The molecule has 0 radical (unpaired) electrons. The van der Waals surface area contributed by atoms with Crippen LogP contribution in [0, 0.1) is 0 Å². The molecule has 3 nitrogen and oxygen atoms in total. The maximum atomic E-state index is 15.3. The van der Waals surface area contributed by atoms with Crippen LogP contribution in [0.15, 0.2) is 60.8 Å². The van der Waals surface area contributed by atoms with Gasteiger partial charge in [-0.1, -0.05) is 50.1 Å². The number of likely N-dealkylation sites (tertiary alicyclic amines) is 1. The van der Waals surface area contributed by atoms with E-state index in [1.54, 1.807) is 11.8 Å². The number of benzene rings is 1. The first-order chi connectivity index (χ1) is 13.5. The Morgan fingerprint density at radius 1 is 1.32 bits per heavy atom. The van der Waals surface area contributed by atoms with Gasteiger partial charge in [-0.3, -0.25) is 0 Å². The molecule has 1 aromatic heterocycles. The van der Waals surface area contributed by atoms with E-state index in [4.69, 9.17) is 0 Å². The van der Waals surface area contributed by atoms with Crippen LogP contribution in [-0.4, -0.2) is 35.2 Å². The minimum Gasteiger partial charge on any atom is -0.341 e. The molecular formula is C23H28FN3S. The third-order valence-electron chi connectivity index (χ3n) is 5.39. The van der Waals surface area contributed by atoms with Crippen molar-refractivity contribution in [3.8, 4) is 0 Å². The van der Waals surface area contributed by atoms with Gasteiger partial charge in [0.1, 0.15) is 5.82 Å². The highest BCUT2D eigenvalue weighted by Gasteiger charge is 2.37. The Morgan fingerprint density at radius 2 is 2.07 bits per heavy atom. The van der Waals surface area contributed by atoms with Gasteiger partial charge in [-0.2, -0.15) is 0 Å². The molecule has 5 heteroatoms. The smallest absolute Gasteiger partial charge is 0.152 e. The lowest BCUT2D eigenvalue weighted by Gasteiger charge is -2.37. The predicted octanol–water partition coefficient (Wildman–Crippen LogP) is 6.22. The standard InChI is InChI=1S/C23H28FN3S/c1-5-21(28-7-3)18-8-9-19-16-25-22(15-20(19)14-18)26-17(4)23(24)10-12-27(6-2)13-11-23/h5,7-9,14-16H,3-4,6,10-13H2,1-2H3,(H,25,26)/b21-5-. The molecule has 3 rings (SSSR count). The van der Waals surface area contributed by atoms with E-state index in [0.717, 1.165) is 40.9 Å². The van der Waals surface area contributed by atoms with Crippen molar-refractivity contribution in [2.24, 2.45) is 0 Å². The van der Waals surface area contributed by atoms with Crippen LogP contribution in [0.25, 0.3) is 15.7 Å². The number of hydrogen-bond acceptors (Lipinski definition) is 4. The molecule has 148 valence electrons. The fraction of sp³-hybridized carbons (Fsp3) is 0.348. The minimum absolute atomic E-state index is 0.405. The maximum absolute atomic E-state index is 15.3. The highest BCUT2D eigenvalue weighted by molar-refractivity contribution is 8.10. The van der Waals surface area contributed by atoms with Gasteiger partial charge >= 0.3 is 0 Å².